The van der Waals surface area contributed by atoms with Crippen LogP contribution in [0.1, 0.15) is 11.3 Å². The molecule has 0 radical (unpaired) electrons. The van der Waals surface area contributed by atoms with Crippen LogP contribution < -0.4 is 19.7 Å². The highest BCUT2D eigenvalue weighted by atomic mass is 32.2. The number of carbonyl (C=O) groups is 1. The summed E-state index contributed by atoms with van der Waals surface area (Å²) in [4.78, 5) is 31.4. The van der Waals surface area contributed by atoms with E-state index in [0.717, 1.165) is 35.2 Å². The van der Waals surface area contributed by atoms with Gasteiger partial charge in [-0.3, -0.25) is 19.1 Å². The maximum absolute atomic E-state index is 13.2. The van der Waals surface area contributed by atoms with Crippen molar-refractivity contribution < 1.29 is 22.7 Å². The third-order valence-electron chi connectivity index (χ3n) is 4.74. The van der Waals surface area contributed by atoms with Gasteiger partial charge in [0.2, 0.25) is 0 Å². The monoisotopic (exact) mass is 479 g/mol. The number of benzene rings is 1. The lowest BCUT2D eigenvalue weighted by Gasteiger charge is -2.13. The Labute approximate surface area is 188 Å². The molecule has 6 nitrogen and oxygen atoms in total. The number of carbonyl (C=O) groups excluding carboxylic acids is 1. The second-order valence-corrected chi connectivity index (χ2v) is 8.84. The van der Waals surface area contributed by atoms with E-state index in [9.17, 15) is 22.8 Å². The minimum absolute atomic E-state index is 0.294. The van der Waals surface area contributed by atoms with Crippen LogP contribution in [0.5, 0.6) is 0 Å². The van der Waals surface area contributed by atoms with Gasteiger partial charge >= 0.3 is 12.1 Å². The zero-order valence-corrected chi connectivity index (χ0v) is 18.5. The smallest absolute Gasteiger partial charge is 0.416 e. The molecule has 0 unspecified atom stereocenters. The molecule has 0 fully saturated rings. The highest BCUT2D eigenvalue weighted by Crippen LogP contribution is 2.47. The molecular weight excluding hydrogens is 463 g/mol. The van der Waals surface area contributed by atoms with Gasteiger partial charge in [0.25, 0.3) is 5.56 Å². The van der Waals surface area contributed by atoms with Gasteiger partial charge in [0.05, 0.1) is 24.1 Å². The molecule has 166 valence electrons. The van der Waals surface area contributed by atoms with E-state index in [1.54, 1.807) is 42.4 Å². The van der Waals surface area contributed by atoms with E-state index in [-0.39, 0.29) is 6.54 Å². The Morgan fingerprint density at radius 1 is 1.25 bits per heavy atom. The fourth-order valence-electron chi connectivity index (χ4n) is 3.13. The fourth-order valence-corrected chi connectivity index (χ4v) is 5.57. The molecule has 32 heavy (non-hydrogen) atoms. The van der Waals surface area contributed by atoms with Gasteiger partial charge in [-0.15, -0.1) is 11.3 Å². The van der Waals surface area contributed by atoms with Crippen molar-refractivity contribution in [3.8, 4) is 0 Å². The molecule has 0 N–H and O–H groups in total. The molecule has 1 aromatic carbocycles. The molecule has 4 rings (SSSR count). The standard InChI is InChI=1S/C21H16F3N3O3S2/c1-26-14-7-6-12(21(22,23)24)9-15(14)31-20(26)18-19(29)27(11-17(28)30-2)16(32-18)10-13-5-3-4-8-25-13/h3-10H,11H2,1-2H3. The van der Waals surface area contributed by atoms with Crippen molar-refractivity contribution in [2.24, 2.45) is 0 Å². The van der Waals surface area contributed by atoms with Crippen LogP contribution in [0.15, 0.2) is 52.3 Å². The number of aromatic nitrogens is 2. The predicted molar refractivity (Wildman–Crippen MR) is 117 cm³/mol. The Morgan fingerprint density at radius 3 is 2.69 bits per heavy atom. The second kappa shape index (κ2) is 8.47. The van der Waals surface area contributed by atoms with Crippen LogP contribution in [0.2, 0.25) is 0 Å². The number of alkyl halides is 3. The van der Waals surface area contributed by atoms with E-state index in [0.29, 0.717) is 30.5 Å². The number of nitrogens with zero attached hydrogens (tertiary/aromatic N) is 3. The van der Waals surface area contributed by atoms with Gasteiger partial charge in [0, 0.05) is 18.1 Å². The number of methoxy groups -OCH3 is 1. The molecule has 1 aliphatic rings. The third-order valence-corrected chi connectivity index (χ3v) is 7.21. The number of hydrogen-bond donors (Lipinski definition) is 0. The van der Waals surface area contributed by atoms with Gasteiger partial charge in [0.15, 0.2) is 0 Å². The van der Waals surface area contributed by atoms with Crippen LogP contribution in [-0.2, 0) is 22.3 Å². The van der Waals surface area contributed by atoms with Crippen molar-refractivity contribution in [3.63, 3.8) is 0 Å². The predicted octanol–water partition coefficient (Wildman–Crippen LogP) is 2.63. The molecule has 0 bridgehead atoms. The normalized spacial score (nSPS) is 15.8. The summed E-state index contributed by atoms with van der Waals surface area (Å²) in [7, 11) is 2.92. The molecule has 0 spiro atoms. The maximum atomic E-state index is 13.2. The van der Waals surface area contributed by atoms with Crippen LogP contribution in [0.25, 0.3) is 11.1 Å². The fraction of sp³-hybridized carbons (Fsp3) is 0.190. The van der Waals surface area contributed by atoms with E-state index in [1.807, 2.05) is 0 Å². The van der Waals surface area contributed by atoms with E-state index < -0.39 is 23.3 Å². The summed E-state index contributed by atoms with van der Waals surface area (Å²) in [5, 5.41) is 0.494. The second-order valence-electron chi connectivity index (χ2n) is 6.78. The molecule has 11 heteroatoms. The number of esters is 1. The first-order chi connectivity index (χ1) is 15.2. The average Bonchev–Trinajstić information content (AvgIpc) is 3.25. The molecular formula is C21H16F3N3O3S2. The molecule has 1 aliphatic heterocycles. The van der Waals surface area contributed by atoms with E-state index in [2.05, 4.69) is 4.98 Å². The van der Waals surface area contributed by atoms with Crippen molar-refractivity contribution >= 4 is 45.9 Å². The Bertz CT molecular complexity index is 1360. The molecule has 2 aromatic heterocycles. The van der Waals surface area contributed by atoms with Gasteiger partial charge in [-0.1, -0.05) is 17.8 Å². The molecule has 0 aliphatic carbocycles. The van der Waals surface area contributed by atoms with Crippen LogP contribution >= 0.6 is 23.1 Å². The third kappa shape index (κ3) is 4.17. The lowest BCUT2D eigenvalue weighted by molar-refractivity contribution is -0.141. The topological polar surface area (TPSA) is 64.4 Å². The Morgan fingerprint density at radius 2 is 2.03 bits per heavy atom. The number of anilines is 1. The highest BCUT2D eigenvalue weighted by molar-refractivity contribution is 8.08. The minimum atomic E-state index is -4.46. The van der Waals surface area contributed by atoms with E-state index in [1.165, 1.54) is 17.7 Å². The summed E-state index contributed by atoms with van der Waals surface area (Å²) in [5.74, 6) is -0.595. The molecule has 3 heterocycles. The zero-order chi connectivity index (χ0) is 23.0. The van der Waals surface area contributed by atoms with Crippen LogP contribution in [0, 0.1) is 0 Å². The highest BCUT2D eigenvalue weighted by Gasteiger charge is 2.33. The first kappa shape index (κ1) is 22.2. The first-order valence-electron chi connectivity index (χ1n) is 9.25. The minimum Gasteiger partial charge on any atom is -0.468 e. The van der Waals surface area contributed by atoms with Crippen molar-refractivity contribution in [2.45, 2.75) is 17.6 Å². The van der Waals surface area contributed by atoms with Crippen molar-refractivity contribution in [1.29, 1.82) is 0 Å². The van der Waals surface area contributed by atoms with Crippen molar-refractivity contribution in [2.75, 3.05) is 19.1 Å². The molecule has 0 saturated heterocycles. The van der Waals surface area contributed by atoms with Crippen LogP contribution in [0.4, 0.5) is 18.9 Å². The summed E-state index contributed by atoms with van der Waals surface area (Å²) in [5.41, 5.74) is -0.0207. The quantitative estimate of drug-likeness (QED) is 0.539. The summed E-state index contributed by atoms with van der Waals surface area (Å²) in [6.45, 7) is -0.294. The summed E-state index contributed by atoms with van der Waals surface area (Å²) in [6.07, 6.45) is -1.18. The number of thiazole rings is 1. The zero-order valence-electron chi connectivity index (χ0n) is 16.8. The number of ether oxygens (including phenoxy) is 1. The van der Waals surface area contributed by atoms with Crippen molar-refractivity contribution in [1.82, 2.24) is 9.55 Å². The number of rotatable bonds is 3. The number of pyridine rings is 1. The Balaban J connectivity index is 1.90. The van der Waals surface area contributed by atoms with Gasteiger partial charge < -0.3 is 9.64 Å². The number of halogens is 3. The molecule has 0 atom stereocenters. The summed E-state index contributed by atoms with van der Waals surface area (Å²) in [6, 6.07) is 8.78. The largest absolute Gasteiger partial charge is 0.468 e. The molecule has 3 aromatic rings. The van der Waals surface area contributed by atoms with Gasteiger partial charge in [0.1, 0.15) is 20.8 Å². The molecule has 0 amide bonds. The number of hydrogen-bond acceptors (Lipinski definition) is 7. The first-order valence-corrected chi connectivity index (χ1v) is 10.9. The van der Waals surface area contributed by atoms with Crippen LogP contribution in [-0.4, -0.2) is 29.7 Å². The SMILES string of the molecule is COC(=O)Cn1c(=Cc2ccccn2)sc(=C2Sc3cc(C(F)(F)F)ccc3N2C)c1=O. The average molecular weight is 480 g/mol. The van der Waals surface area contributed by atoms with Crippen molar-refractivity contribution in [3.05, 3.63) is 73.4 Å². The lowest BCUT2D eigenvalue weighted by atomic mass is 10.2. The maximum Gasteiger partial charge on any atom is 0.416 e. The van der Waals surface area contributed by atoms with Crippen LogP contribution in [0.3, 0.4) is 0 Å². The van der Waals surface area contributed by atoms with E-state index in [4.69, 9.17) is 4.74 Å². The summed E-state index contributed by atoms with van der Waals surface area (Å²) >= 11 is 2.23. The number of thioether (sulfide) groups is 1. The summed E-state index contributed by atoms with van der Waals surface area (Å²) < 4.78 is 46.1. The van der Waals surface area contributed by atoms with E-state index >= 15 is 0 Å². The van der Waals surface area contributed by atoms with Gasteiger partial charge in [-0.25, -0.2) is 0 Å². The Kier molecular flexibility index (Phi) is 5.87. The van der Waals surface area contributed by atoms with Gasteiger partial charge in [-0.05, 0) is 36.4 Å². The molecule has 0 saturated carbocycles. The Hall–Kier alpha value is -3.05. The number of fused-ring (bicyclic) bond motifs is 1. The van der Waals surface area contributed by atoms with Gasteiger partial charge in [-0.2, -0.15) is 13.2 Å². The lowest BCUT2D eigenvalue weighted by Crippen LogP contribution is -2.36.